The van der Waals surface area contributed by atoms with E-state index in [1.54, 1.807) is 56.4 Å². The minimum Gasteiger partial charge on any atom is -0.481 e. The van der Waals surface area contributed by atoms with Crippen molar-refractivity contribution in [3.8, 4) is 0 Å². The molecule has 4 aliphatic rings. The molecule has 47 heavy (non-hydrogen) atoms. The highest BCUT2D eigenvalue weighted by Crippen LogP contribution is 2.39. The third-order valence-electron chi connectivity index (χ3n) is 8.58. The van der Waals surface area contributed by atoms with Crippen molar-refractivity contribution in [2.24, 2.45) is 11.7 Å². The number of hydrogen-bond donors (Lipinski definition) is 7. The summed E-state index contributed by atoms with van der Waals surface area (Å²) in [5.41, 5.74) is 5.98. The van der Waals surface area contributed by atoms with Crippen molar-refractivity contribution in [2.75, 3.05) is 0 Å². The van der Waals surface area contributed by atoms with Gasteiger partial charge in [-0.3, -0.25) is 4.79 Å². The summed E-state index contributed by atoms with van der Waals surface area (Å²) in [6.45, 7) is 3.34. The lowest BCUT2D eigenvalue weighted by atomic mass is 9.83. The van der Waals surface area contributed by atoms with Crippen LogP contribution in [0.3, 0.4) is 0 Å². The van der Waals surface area contributed by atoms with E-state index in [1.807, 2.05) is 6.08 Å². The van der Waals surface area contributed by atoms with Gasteiger partial charge in [-0.2, -0.15) is 0 Å². The molecule has 0 amide bonds. The zero-order valence-electron chi connectivity index (χ0n) is 26.4. The highest BCUT2D eigenvalue weighted by molar-refractivity contribution is 5.82. The number of fused-ring (bicyclic) bond motifs is 3. The molecule has 14 nitrogen and oxygen atoms in total. The second kappa shape index (κ2) is 16.6. The number of aliphatic carboxylic acids is 1. The van der Waals surface area contributed by atoms with Gasteiger partial charge in [-0.25, -0.2) is 4.79 Å². The van der Waals surface area contributed by atoms with Crippen LogP contribution in [-0.2, 0) is 33.3 Å². The average molecular weight is 666 g/mol. The molecule has 0 aromatic rings. The minimum atomic E-state index is -2.10. The maximum atomic E-state index is 12.3. The van der Waals surface area contributed by atoms with Gasteiger partial charge in [0.1, 0.15) is 24.2 Å². The normalized spacial score (nSPS) is 47.2. The Morgan fingerprint density at radius 2 is 1.64 bits per heavy atom. The largest absolute Gasteiger partial charge is 0.481 e. The average Bonchev–Trinajstić information content (AvgIpc) is 3.72. The van der Waals surface area contributed by atoms with Crippen molar-refractivity contribution < 1.29 is 63.9 Å². The van der Waals surface area contributed by atoms with E-state index in [-0.39, 0.29) is 25.4 Å². The lowest BCUT2D eigenvalue weighted by Crippen LogP contribution is -2.61. The van der Waals surface area contributed by atoms with Crippen LogP contribution in [-0.4, -0.2) is 122 Å². The second-order valence-electron chi connectivity index (χ2n) is 12.6. The summed E-state index contributed by atoms with van der Waals surface area (Å²) in [6, 6.07) is -1.08. The van der Waals surface area contributed by atoms with E-state index in [0.29, 0.717) is 6.42 Å². The maximum absolute atomic E-state index is 12.3. The number of esters is 1. The fourth-order valence-corrected chi connectivity index (χ4v) is 6.00. The smallest absolute Gasteiger partial charge is 0.330 e. The van der Waals surface area contributed by atoms with E-state index in [4.69, 9.17) is 29.4 Å². The number of cyclic esters (lactones) is 1. The molecule has 14 heteroatoms. The molecular formula is C33H47NO13. The topological polar surface area (TPSA) is 231 Å². The highest BCUT2D eigenvalue weighted by atomic mass is 16.7. The molecule has 8 N–H and O–H groups in total. The van der Waals surface area contributed by atoms with Crippen LogP contribution in [0.15, 0.2) is 60.8 Å². The number of epoxide rings is 1. The zero-order valence-corrected chi connectivity index (χ0v) is 26.4. The van der Waals surface area contributed by atoms with Gasteiger partial charge >= 0.3 is 11.9 Å². The molecule has 0 aliphatic carbocycles. The summed E-state index contributed by atoms with van der Waals surface area (Å²) in [4.78, 5) is 24.4. The van der Waals surface area contributed by atoms with Gasteiger partial charge in [0, 0.05) is 38.2 Å². The maximum Gasteiger partial charge on any atom is 0.330 e. The summed E-state index contributed by atoms with van der Waals surface area (Å²) in [5, 5.41) is 63.9. The van der Waals surface area contributed by atoms with Crippen molar-refractivity contribution in [2.45, 2.75) is 125 Å². The molecular weight excluding hydrogens is 618 g/mol. The standard InChI is InChI=1S/C33H47NO13/c1-18-10-8-6-4-3-5-7-9-11-21(45-32-30(39)28(34)29(38)19(2)44-32)15-25-27(31(40)41)22(36)17-33(42,47-25)16-20(35)14-24-23(46-24)12-13-26(37)43-18/h3-9,11-13,18-25,27-30,32,35-36,38-39,42H,10,14-17,34H2,1-2H3,(H,40,41)/b4-3-,7-5-,8-6-,11-9-,13-12-/t18-,19-,20-,21-,22-,23+,24+,25+,27-,28+,29-,30-,32+,33+/m1/s1. The first-order valence-electron chi connectivity index (χ1n) is 15.9. The van der Waals surface area contributed by atoms with Crippen LogP contribution < -0.4 is 5.73 Å². The van der Waals surface area contributed by atoms with Crippen LogP contribution in [0.4, 0.5) is 0 Å². The van der Waals surface area contributed by atoms with Crippen LogP contribution in [0.25, 0.3) is 0 Å². The molecule has 0 aromatic carbocycles. The number of carbonyl (C=O) groups is 2. The molecule has 3 fully saturated rings. The number of carboxylic acid groups (broad SMARTS) is 1. The number of allylic oxidation sites excluding steroid dienone is 6. The Morgan fingerprint density at radius 3 is 2.36 bits per heavy atom. The number of hydrogen-bond acceptors (Lipinski definition) is 13. The van der Waals surface area contributed by atoms with Crippen LogP contribution in [0.5, 0.6) is 0 Å². The molecule has 0 unspecified atom stereocenters. The summed E-state index contributed by atoms with van der Waals surface area (Å²) < 4.78 is 28.5. The van der Waals surface area contributed by atoms with E-state index in [9.17, 15) is 40.2 Å². The Labute approximate surface area is 273 Å². The monoisotopic (exact) mass is 665 g/mol. The highest BCUT2D eigenvalue weighted by Gasteiger charge is 2.51. The Balaban J connectivity index is 1.58. The van der Waals surface area contributed by atoms with Gasteiger partial charge in [0.15, 0.2) is 12.1 Å². The molecule has 0 saturated carbocycles. The summed E-state index contributed by atoms with van der Waals surface area (Å²) >= 11 is 0. The first-order chi connectivity index (χ1) is 22.3. The Hall–Kier alpha value is -2.76. The molecule has 4 heterocycles. The van der Waals surface area contributed by atoms with Gasteiger partial charge in [0.05, 0.1) is 48.8 Å². The lowest BCUT2D eigenvalue weighted by Gasteiger charge is -2.45. The molecule has 14 atom stereocenters. The minimum absolute atomic E-state index is 0.0789. The molecule has 3 saturated heterocycles. The number of aliphatic hydroxyl groups excluding tert-OH is 4. The quantitative estimate of drug-likeness (QED) is 0.157. The number of nitrogens with two attached hydrogens (primary N) is 1. The summed E-state index contributed by atoms with van der Waals surface area (Å²) in [6.07, 6.45) is 5.25. The van der Waals surface area contributed by atoms with Crippen molar-refractivity contribution in [1.29, 1.82) is 0 Å². The fraction of sp³-hybridized carbons (Fsp3) is 0.636. The summed E-state index contributed by atoms with van der Waals surface area (Å²) in [7, 11) is 0. The van der Waals surface area contributed by atoms with E-state index >= 15 is 0 Å². The molecule has 0 spiro atoms. The van der Waals surface area contributed by atoms with Crippen LogP contribution in [0.2, 0.25) is 0 Å². The summed E-state index contributed by atoms with van der Waals surface area (Å²) in [5.74, 6) is -5.45. The van der Waals surface area contributed by atoms with Gasteiger partial charge in [-0.15, -0.1) is 0 Å². The molecule has 2 bridgehead atoms. The second-order valence-corrected chi connectivity index (χ2v) is 12.6. The first-order valence-corrected chi connectivity index (χ1v) is 15.9. The van der Waals surface area contributed by atoms with Gasteiger partial charge in [-0.05, 0) is 19.9 Å². The fourth-order valence-electron chi connectivity index (χ4n) is 6.00. The third-order valence-corrected chi connectivity index (χ3v) is 8.58. The molecule has 0 aromatic heterocycles. The number of ether oxygens (including phenoxy) is 5. The molecule has 262 valence electrons. The molecule has 4 rings (SSSR count). The van der Waals surface area contributed by atoms with Crippen LogP contribution in [0.1, 0.15) is 46.0 Å². The number of carboxylic acids is 1. The first kappa shape index (κ1) is 37.1. The number of carbonyl (C=O) groups excluding carboxylic acids is 1. The van der Waals surface area contributed by atoms with Crippen molar-refractivity contribution >= 4 is 11.9 Å². The molecule has 0 radical (unpaired) electrons. The van der Waals surface area contributed by atoms with Crippen molar-refractivity contribution in [1.82, 2.24) is 0 Å². The van der Waals surface area contributed by atoms with Gasteiger partial charge in [0.25, 0.3) is 0 Å². The predicted molar refractivity (Wildman–Crippen MR) is 165 cm³/mol. The number of aliphatic hydroxyl groups is 5. The van der Waals surface area contributed by atoms with Gasteiger partial charge in [-0.1, -0.05) is 48.6 Å². The van der Waals surface area contributed by atoms with E-state index in [0.717, 1.165) is 0 Å². The Bertz CT molecular complexity index is 1220. The SMILES string of the molecule is C[C@@H]1C\C=C/C=C\C=C/C=C\[C@@H](O[C@@H]2O[C@H](C)[C@@H](O)[C@H](N)[C@H]2O)C[C@@H]2O[C@@](O)(C[C@H](O)C[C@@H]3O[C@H]3/C=C\C(=O)O1)C[C@@H](O)[C@H]2C(=O)O. The van der Waals surface area contributed by atoms with Crippen molar-refractivity contribution in [3.63, 3.8) is 0 Å². The van der Waals surface area contributed by atoms with E-state index in [2.05, 4.69) is 0 Å². The van der Waals surface area contributed by atoms with E-state index < -0.39 is 97.3 Å². The van der Waals surface area contributed by atoms with Crippen LogP contribution >= 0.6 is 0 Å². The zero-order chi connectivity index (χ0) is 34.3. The lowest BCUT2D eigenvalue weighted by molar-refractivity contribution is -0.308. The number of rotatable bonds is 3. The molecule has 4 aliphatic heterocycles. The Kier molecular flexibility index (Phi) is 13.1. The van der Waals surface area contributed by atoms with Gasteiger partial charge in [0.2, 0.25) is 0 Å². The Morgan fingerprint density at radius 1 is 0.936 bits per heavy atom. The van der Waals surface area contributed by atoms with Crippen LogP contribution in [0, 0.1) is 5.92 Å². The third kappa shape index (κ3) is 10.6. The van der Waals surface area contributed by atoms with E-state index in [1.165, 1.54) is 12.2 Å². The van der Waals surface area contributed by atoms with Crippen molar-refractivity contribution in [3.05, 3.63) is 60.8 Å². The predicted octanol–water partition coefficient (Wildman–Crippen LogP) is 0.120. The van der Waals surface area contributed by atoms with Gasteiger partial charge < -0.3 is 60.1 Å².